The molecule has 0 saturated heterocycles. The van der Waals surface area contributed by atoms with E-state index in [1.807, 2.05) is 0 Å². The van der Waals surface area contributed by atoms with Crippen molar-refractivity contribution in [1.82, 2.24) is 30.8 Å². The lowest BCUT2D eigenvalue weighted by atomic mass is 9.83. The molecule has 0 aliphatic carbocycles. The van der Waals surface area contributed by atoms with Gasteiger partial charge in [-0.1, -0.05) is 30.3 Å². The van der Waals surface area contributed by atoms with Gasteiger partial charge in [-0.05, 0) is 0 Å². The molecular formula is C13H12F2N6O. The summed E-state index contributed by atoms with van der Waals surface area (Å²) < 4.78 is 30.6. The van der Waals surface area contributed by atoms with Crippen molar-refractivity contribution in [2.75, 3.05) is 0 Å². The smallest absolute Gasteiger partial charge is 0.257 e. The van der Waals surface area contributed by atoms with Gasteiger partial charge in [-0.2, -0.15) is 30.8 Å². The molecule has 0 spiro atoms. The lowest BCUT2D eigenvalue weighted by Gasteiger charge is -2.33. The highest BCUT2D eigenvalue weighted by atomic mass is 19.2. The molecule has 9 heteroatoms. The Morgan fingerprint density at radius 3 is 2.27 bits per heavy atom. The van der Waals surface area contributed by atoms with Crippen LogP contribution in [0.25, 0.3) is 0 Å². The van der Waals surface area contributed by atoms with E-state index in [9.17, 15) is 9.50 Å². The van der Waals surface area contributed by atoms with E-state index in [-0.39, 0.29) is 17.0 Å². The van der Waals surface area contributed by atoms with Crippen LogP contribution < -0.4 is 0 Å². The highest BCUT2D eigenvalue weighted by Crippen LogP contribution is 2.44. The highest BCUT2D eigenvalue weighted by molar-refractivity contribution is 5.34. The molecule has 114 valence electrons. The van der Waals surface area contributed by atoms with Gasteiger partial charge in [-0.15, -0.1) is 0 Å². The van der Waals surface area contributed by atoms with Crippen LogP contribution in [0.5, 0.6) is 0 Å². The number of nitrogens with one attached hydrogen (secondary N) is 2. The van der Waals surface area contributed by atoms with Gasteiger partial charge < -0.3 is 5.11 Å². The zero-order valence-corrected chi connectivity index (χ0v) is 11.2. The molecular weight excluding hydrogens is 294 g/mol. The van der Waals surface area contributed by atoms with E-state index in [1.165, 1.54) is 30.5 Å². The molecule has 0 fully saturated rings. The number of nitrogens with zero attached hydrogens (tertiary/aromatic N) is 4. The summed E-state index contributed by atoms with van der Waals surface area (Å²) in [5.74, 6) is -3.30. The predicted molar refractivity (Wildman–Crippen MR) is 70.9 cm³/mol. The van der Waals surface area contributed by atoms with E-state index in [2.05, 4.69) is 30.8 Å². The predicted octanol–water partition coefficient (Wildman–Crippen LogP) is 1.04. The molecule has 2 atom stereocenters. The summed E-state index contributed by atoms with van der Waals surface area (Å²) in [6, 6.07) is 7.46. The summed E-state index contributed by atoms with van der Waals surface area (Å²) in [5, 5.41) is 29.0. The molecule has 0 radical (unpaired) electrons. The Bertz CT molecular complexity index is 716. The van der Waals surface area contributed by atoms with Crippen LogP contribution in [0.1, 0.15) is 17.0 Å². The first-order chi connectivity index (χ1) is 10.5. The molecule has 7 nitrogen and oxygen atoms in total. The Hall–Kier alpha value is -2.68. The van der Waals surface area contributed by atoms with Gasteiger partial charge in [0.1, 0.15) is 5.69 Å². The zero-order chi connectivity index (χ0) is 15.6. The van der Waals surface area contributed by atoms with Crippen LogP contribution in [0.15, 0.2) is 42.7 Å². The Morgan fingerprint density at radius 1 is 1.00 bits per heavy atom. The van der Waals surface area contributed by atoms with E-state index in [0.717, 1.165) is 6.20 Å². The molecule has 22 heavy (non-hydrogen) atoms. The second-order valence-corrected chi connectivity index (χ2v) is 4.78. The van der Waals surface area contributed by atoms with Crippen LogP contribution in [-0.4, -0.2) is 41.8 Å². The Labute approximate surface area is 123 Å². The normalized spacial score (nSPS) is 16.9. The maximum absolute atomic E-state index is 15.7. The molecule has 1 aromatic carbocycles. The number of benzene rings is 1. The molecule has 2 unspecified atom stereocenters. The van der Waals surface area contributed by atoms with Crippen LogP contribution in [0.3, 0.4) is 0 Å². The second kappa shape index (κ2) is 5.26. The Balaban J connectivity index is 2.09. The SMILES string of the molecule is OC(F)(Cc1cn[nH]n1)C(F)(c1ccccc1)c1cn[nH]n1. The molecule has 3 aromatic rings. The van der Waals surface area contributed by atoms with Crippen LogP contribution in [-0.2, 0) is 12.1 Å². The molecule has 0 saturated carbocycles. The van der Waals surface area contributed by atoms with E-state index in [4.69, 9.17) is 0 Å². The van der Waals surface area contributed by atoms with Crippen molar-refractivity contribution in [1.29, 1.82) is 0 Å². The number of hydrogen-bond acceptors (Lipinski definition) is 5. The zero-order valence-electron chi connectivity index (χ0n) is 11.2. The molecule has 3 rings (SSSR count). The molecule has 2 heterocycles. The second-order valence-electron chi connectivity index (χ2n) is 4.78. The van der Waals surface area contributed by atoms with Gasteiger partial charge in [0.05, 0.1) is 24.5 Å². The summed E-state index contributed by atoms with van der Waals surface area (Å²) in [7, 11) is 0. The minimum absolute atomic E-state index is 0.0754. The maximum atomic E-state index is 15.7. The largest absolute Gasteiger partial charge is 0.358 e. The van der Waals surface area contributed by atoms with Crippen molar-refractivity contribution in [2.45, 2.75) is 17.9 Å². The summed E-state index contributed by atoms with van der Waals surface area (Å²) in [5.41, 5.74) is -3.30. The minimum atomic E-state index is -3.30. The molecule has 0 aliphatic heterocycles. The third-order valence-electron chi connectivity index (χ3n) is 3.35. The van der Waals surface area contributed by atoms with Crippen molar-refractivity contribution in [2.24, 2.45) is 0 Å². The first-order valence-corrected chi connectivity index (χ1v) is 6.40. The first-order valence-electron chi connectivity index (χ1n) is 6.40. The van der Waals surface area contributed by atoms with Crippen LogP contribution in [0, 0.1) is 0 Å². The number of aliphatic hydroxyl groups is 1. The van der Waals surface area contributed by atoms with E-state index < -0.39 is 17.9 Å². The van der Waals surface area contributed by atoms with E-state index in [0.29, 0.717) is 0 Å². The maximum Gasteiger partial charge on any atom is 0.257 e. The fourth-order valence-corrected chi connectivity index (χ4v) is 2.27. The van der Waals surface area contributed by atoms with Gasteiger partial charge >= 0.3 is 0 Å². The van der Waals surface area contributed by atoms with Crippen molar-refractivity contribution < 1.29 is 13.9 Å². The summed E-state index contributed by atoms with van der Waals surface area (Å²) in [6.45, 7) is 0. The van der Waals surface area contributed by atoms with Crippen molar-refractivity contribution in [3.63, 3.8) is 0 Å². The van der Waals surface area contributed by atoms with Gasteiger partial charge in [0, 0.05) is 5.56 Å². The fourth-order valence-electron chi connectivity index (χ4n) is 2.27. The van der Waals surface area contributed by atoms with Crippen LogP contribution in [0.4, 0.5) is 8.78 Å². The molecule has 0 aliphatic rings. The lowest BCUT2D eigenvalue weighted by Crippen LogP contribution is -2.48. The topological polar surface area (TPSA) is 103 Å². The molecule has 0 bridgehead atoms. The number of hydrogen-bond donors (Lipinski definition) is 3. The third kappa shape index (κ3) is 2.25. The average Bonchev–Trinajstić information content (AvgIpc) is 3.20. The van der Waals surface area contributed by atoms with Crippen LogP contribution in [0.2, 0.25) is 0 Å². The van der Waals surface area contributed by atoms with Gasteiger partial charge in [0.25, 0.3) is 5.85 Å². The van der Waals surface area contributed by atoms with Gasteiger partial charge in [0.15, 0.2) is 0 Å². The van der Waals surface area contributed by atoms with Crippen molar-refractivity contribution in [3.05, 3.63) is 59.7 Å². The summed E-state index contributed by atoms with van der Waals surface area (Å²) in [4.78, 5) is 0. The van der Waals surface area contributed by atoms with E-state index >= 15 is 4.39 Å². The number of alkyl halides is 2. The number of rotatable bonds is 5. The average molecular weight is 306 g/mol. The number of aromatic amines is 2. The lowest BCUT2D eigenvalue weighted by molar-refractivity contribution is -0.184. The monoisotopic (exact) mass is 306 g/mol. The Morgan fingerprint density at radius 2 is 1.68 bits per heavy atom. The number of halogens is 2. The van der Waals surface area contributed by atoms with Gasteiger partial charge in [-0.3, -0.25) is 0 Å². The minimum Gasteiger partial charge on any atom is -0.358 e. The number of aromatic nitrogens is 6. The summed E-state index contributed by atoms with van der Waals surface area (Å²) >= 11 is 0. The first kappa shape index (κ1) is 14.3. The van der Waals surface area contributed by atoms with Crippen molar-refractivity contribution >= 4 is 0 Å². The van der Waals surface area contributed by atoms with Crippen molar-refractivity contribution in [3.8, 4) is 0 Å². The molecule has 2 aromatic heterocycles. The molecule has 3 N–H and O–H groups in total. The summed E-state index contributed by atoms with van der Waals surface area (Å²) in [6.07, 6.45) is 1.53. The highest BCUT2D eigenvalue weighted by Gasteiger charge is 2.57. The number of H-pyrrole nitrogens is 2. The Kier molecular flexibility index (Phi) is 3.41. The van der Waals surface area contributed by atoms with Crippen LogP contribution >= 0.6 is 0 Å². The fraction of sp³-hybridized carbons (Fsp3) is 0.231. The molecule has 0 amide bonds. The van der Waals surface area contributed by atoms with Gasteiger partial charge in [0.2, 0.25) is 5.67 Å². The van der Waals surface area contributed by atoms with Gasteiger partial charge in [-0.25, -0.2) is 8.78 Å². The standard InChI is InChI=1S/C13H12F2N6O/c14-12(22,6-10-7-16-20-18-10)13(15,11-8-17-21-19-11)9-4-2-1-3-5-9/h1-5,7-8,22H,6H2,(H,16,18,20)(H,17,19,21). The quantitative estimate of drug-likeness (QED) is 0.653. The third-order valence-corrected chi connectivity index (χ3v) is 3.35. The van der Waals surface area contributed by atoms with E-state index in [1.54, 1.807) is 6.07 Å².